The molecule has 0 unspecified atom stereocenters. The van der Waals surface area contributed by atoms with Gasteiger partial charge in [0.25, 0.3) is 5.91 Å². The molecule has 3 aromatic rings. The Labute approximate surface area is 245 Å². The first kappa shape index (κ1) is 29.7. The van der Waals surface area contributed by atoms with Gasteiger partial charge >= 0.3 is 5.97 Å². The first-order valence-electron chi connectivity index (χ1n) is 13.5. The minimum absolute atomic E-state index is 0.251. The number of ether oxygens (including phenoxy) is 2. The predicted octanol–water partition coefficient (Wildman–Crippen LogP) is 7.39. The Kier molecular flexibility index (Phi) is 7.85. The monoisotopic (exact) mass is 607 g/mol. The number of esters is 1. The van der Waals surface area contributed by atoms with E-state index in [-0.39, 0.29) is 23.0 Å². The molecule has 3 aromatic carbocycles. The van der Waals surface area contributed by atoms with Gasteiger partial charge in [0.2, 0.25) is 0 Å². The van der Waals surface area contributed by atoms with Crippen LogP contribution in [0, 0.1) is 0 Å². The number of hydrogen-bond acceptors (Lipinski definition) is 5. The molecule has 1 amide bonds. The van der Waals surface area contributed by atoms with Gasteiger partial charge in [0, 0.05) is 21.5 Å². The maximum Gasteiger partial charge on any atom is 0.338 e. The summed E-state index contributed by atoms with van der Waals surface area (Å²) in [4.78, 5) is 27.6. The average Bonchev–Trinajstić information content (AvgIpc) is 2.88. The van der Waals surface area contributed by atoms with Crippen LogP contribution in [0.1, 0.15) is 93.4 Å². The third-order valence-corrected chi connectivity index (χ3v) is 8.16. The van der Waals surface area contributed by atoms with Crippen LogP contribution in [0.2, 0.25) is 0 Å². The molecule has 0 radical (unpaired) electrons. The van der Waals surface area contributed by atoms with Gasteiger partial charge in [-0.15, -0.1) is 0 Å². The summed E-state index contributed by atoms with van der Waals surface area (Å²) in [6, 6.07) is 16.2. The van der Waals surface area contributed by atoms with E-state index in [1.54, 1.807) is 37.4 Å². The lowest BCUT2D eigenvalue weighted by molar-refractivity contribution is -0.144. The number of rotatable bonds is 5. The highest BCUT2D eigenvalue weighted by atomic mass is 79.9. The fourth-order valence-electron chi connectivity index (χ4n) is 5.42. The largest absolute Gasteiger partial charge is 0.507 e. The zero-order valence-corrected chi connectivity index (χ0v) is 26.0. The number of benzene rings is 3. The van der Waals surface area contributed by atoms with Gasteiger partial charge in [-0.05, 0) is 76.4 Å². The summed E-state index contributed by atoms with van der Waals surface area (Å²) in [5.74, 6) is -0.181. The SMILES string of the molecule is CC[C@]1(NC(=O)c2ccc(OC)cc2)C(=O)Oc2ccc(Br)cc2[C@@H]1c1cc(C(C)(C)C)c(O)c(C(C)(C)C)c1. The van der Waals surface area contributed by atoms with Crippen LogP contribution in [0.5, 0.6) is 17.2 Å². The quantitative estimate of drug-likeness (QED) is 0.233. The fraction of sp³-hybridized carbons (Fsp3) is 0.394. The number of carbonyl (C=O) groups excluding carboxylic acids is 2. The Hall–Kier alpha value is -3.32. The fourth-order valence-corrected chi connectivity index (χ4v) is 5.80. The second-order valence-electron chi connectivity index (χ2n) is 12.5. The first-order valence-corrected chi connectivity index (χ1v) is 14.3. The molecule has 212 valence electrons. The number of fused-ring (bicyclic) bond motifs is 1. The Bertz CT molecular complexity index is 1410. The molecule has 0 aliphatic carbocycles. The number of nitrogens with one attached hydrogen (secondary N) is 1. The lowest BCUT2D eigenvalue weighted by Crippen LogP contribution is -2.61. The number of amides is 1. The Balaban J connectivity index is 2.00. The summed E-state index contributed by atoms with van der Waals surface area (Å²) in [7, 11) is 1.56. The third-order valence-electron chi connectivity index (χ3n) is 7.67. The van der Waals surface area contributed by atoms with Crippen molar-refractivity contribution in [1.29, 1.82) is 0 Å². The van der Waals surface area contributed by atoms with Crippen LogP contribution in [0.25, 0.3) is 0 Å². The summed E-state index contributed by atoms with van der Waals surface area (Å²) in [5, 5.41) is 14.5. The predicted molar refractivity (Wildman–Crippen MR) is 161 cm³/mol. The molecule has 1 heterocycles. The summed E-state index contributed by atoms with van der Waals surface area (Å²) in [6.45, 7) is 14.2. The number of aromatic hydroxyl groups is 1. The van der Waals surface area contributed by atoms with Crippen LogP contribution in [0.15, 0.2) is 59.1 Å². The number of halogens is 1. The first-order chi connectivity index (χ1) is 18.6. The smallest absolute Gasteiger partial charge is 0.338 e. The van der Waals surface area contributed by atoms with Gasteiger partial charge in [0.05, 0.1) is 7.11 Å². The number of hydrogen-bond donors (Lipinski definition) is 2. The van der Waals surface area contributed by atoms with Gasteiger partial charge in [-0.25, -0.2) is 4.79 Å². The van der Waals surface area contributed by atoms with Gasteiger partial charge in [0.15, 0.2) is 0 Å². The standard InChI is InChI=1S/C33H38BrNO5/c1-9-33(35-29(37)19-10-13-22(39-8)14-11-19)27(23-18-21(34)12-15-26(23)40-30(33)38)20-16-24(31(2,3)4)28(36)25(17-20)32(5,6)7/h10-18,27,36H,9H2,1-8H3,(H,35,37)/t27-,33+/m0/s1. The van der Waals surface area contributed by atoms with Crippen molar-refractivity contribution >= 4 is 27.8 Å². The van der Waals surface area contributed by atoms with Gasteiger partial charge in [-0.3, -0.25) is 4.79 Å². The zero-order valence-electron chi connectivity index (χ0n) is 24.4. The van der Waals surface area contributed by atoms with E-state index in [1.165, 1.54) is 0 Å². The summed E-state index contributed by atoms with van der Waals surface area (Å²) < 4.78 is 12.0. The van der Waals surface area contributed by atoms with Crippen molar-refractivity contribution in [1.82, 2.24) is 5.32 Å². The number of phenols is 1. The molecule has 40 heavy (non-hydrogen) atoms. The lowest BCUT2D eigenvalue weighted by atomic mass is 9.68. The van der Waals surface area contributed by atoms with E-state index in [1.807, 2.05) is 31.2 Å². The molecule has 0 fully saturated rings. The molecule has 6 nitrogen and oxygen atoms in total. The lowest BCUT2D eigenvalue weighted by Gasteiger charge is -2.43. The van der Waals surface area contributed by atoms with Crippen molar-refractivity contribution in [2.45, 2.75) is 77.2 Å². The molecule has 1 aliphatic rings. The highest BCUT2D eigenvalue weighted by molar-refractivity contribution is 9.10. The van der Waals surface area contributed by atoms with E-state index < -0.39 is 23.3 Å². The number of phenolic OH excluding ortho intramolecular Hbond substituents is 1. The van der Waals surface area contributed by atoms with Crippen molar-refractivity contribution in [2.75, 3.05) is 7.11 Å². The van der Waals surface area contributed by atoms with Crippen LogP contribution in [0.4, 0.5) is 0 Å². The Morgan fingerprint density at radius 2 is 1.57 bits per heavy atom. The van der Waals surface area contributed by atoms with Crippen molar-refractivity contribution in [3.63, 3.8) is 0 Å². The van der Waals surface area contributed by atoms with Crippen LogP contribution in [-0.4, -0.2) is 29.6 Å². The molecule has 1 aliphatic heterocycles. The van der Waals surface area contributed by atoms with Crippen LogP contribution in [-0.2, 0) is 15.6 Å². The van der Waals surface area contributed by atoms with Crippen molar-refractivity contribution in [2.24, 2.45) is 0 Å². The number of methoxy groups -OCH3 is 1. The minimum Gasteiger partial charge on any atom is -0.507 e. The highest BCUT2D eigenvalue weighted by Gasteiger charge is 2.53. The van der Waals surface area contributed by atoms with Crippen molar-refractivity contribution in [3.05, 3.63) is 86.9 Å². The van der Waals surface area contributed by atoms with E-state index in [4.69, 9.17) is 9.47 Å². The van der Waals surface area contributed by atoms with E-state index in [9.17, 15) is 14.7 Å². The van der Waals surface area contributed by atoms with E-state index in [0.29, 0.717) is 17.1 Å². The molecule has 0 bridgehead atoms. The molecule has 0 saturated heterocycles. The van der Waals surface area contributed by atoms with Gasteiger partial charge < -0.3 is 19.9 Å². The Morgan fingerprint density at radius 1 is 1.00 bits per heavy atom. The van der Waals surface area contributed by atoms with Gasteiger partial charge in [-0.2, -0.15) is 0 Å². The summed E-state index contributed by atoms with van der Waals surface area (Å²) in [6.07, 6.45) is 0.279. The summed E-state index contributed by atoms with van der Waals surface area (Å²) >= 11 is 3.59. The molecule has 2 N–H and O–H groups in total. The third kappa shape index (κ3) is 5.36. The van der Waals surface area contributed by atoms with Crippen molar-refractivity contribution in [3.8, 4) is 17.2 Å². The second-order valence-corrected chi connectivity index (χ2v) is 13.4. The number of carbonyl (C=O) groups is 2. The normalized spacial score (nSPS) is 19.0. The molecule has 0 aromatic heterocycles. The molecule has 0 saturated carbocycles. The summed E-state index contributed by atoms with van der Waals surface area (Å²) in [5.41, 5.74) is 1.38. The molecular weight excluding hydrogens is 570 g/mol. The molecular formula is C33H38BrNO5. The zero-order chi connectivity index (χ0) is 29.6. The highest BCUT2D eigenvalue weighted by Crippen LogP contribution is 2.50. The average molecular weight is 609 g/mol. The van der Waals surface area contributed by atoms with Gasteiger partial charge in [-0.1, -0.05) is 76.5 Å². The topological polar surface area (TPSA) is 84.9 Å². The Morgan fingerprint density at radius 3 is 2.08 bits per heavy atom. The minimum atomic E-state index is -1.41. The van der Waals surface area contributed by atoms with Crippen LogP contribution >= 0.6 is 15.9 Å². The maximum absolute atomic E-state index is 14.0. The van der Waals surface area contributed by atoms with Crippen LogP contribution < -0.4 is 14.8 Å². The van der Waals surface area contributed by atoms with Crippen molar-refractivity contribution < 1.29 is 24.2 Å². The van der Waals surface area contributed by atoms with Gasteiger partial charge in [0.1, 0.15) is 22.8 Å². The molecule has 7 heteroatoms. The molecule has 4 rings (SSSR count). The molecule has 2 atom stereocenters. The van der Waals surface area contributed by atoms with E-state index in [2.05, 4.69) is 62.8 Å². The van der Waals surface area contributed by atoms with Crippen LogP contribution in [0.3, 0.4) is 0 Å². The maximum atomic E-state index is 14.0. The van der Waals surface area contributed by atoms with E-state index >= 15 is 0 Å². The molecule has 0 spiro atoms. The van der Waals surface area contributed by atoms with E-state index in [0.717, 1.165) is 26.7 Å². The second kappa shape index (κ2) is 10.6.